The molecule has 0 saturated heterocycles. The normalized spacial score (nSPS) is 14.8. The number of para-hydroxylation sites is 1. The van der Waals surface area contributed by atoms with E-state index in [-0.39, 0.29) is 43.8 Å². The lowest BCUT2D eigenvalue weighted by molar-refractivity contribution is -0.140. The number of nitrogens with zero attached hydrogens (tertiary/aromatic N) is 2. The Morgan fingerprint density at radius 1 is 1.05 bits per heavy atom. The van der Waals surface area contributed by atoms with Gasteiger partial charge in [-0.2, -0.15) is 0 Å². The van der Waals surface area contributed by atoms with Crippen LogP contribution in [0.5, 0.6) is 0 Å². The summed E-state index contributed by atoms with van der Waals surface area (Å²) >= 11 is 12.8. The lowest BCUT2D eigenvalue weighted by atomic mass is 10.1. The number of hydrogen-bond acceptors (Lipinski definition) is 4. The highest BCUT2D eigenvalue weighted by Gasteiger charge is 2.29. The van der Waals surface area contributed by atoms with Crippen LogP contribution in [0.1, 0.15) is 56.6 Å². The van der Waals surface area contributed by atoms with E-state index < -0.39 is 16.1 Å². The van der Waals surface area contributed by atoms with E-state index in [0.717, 1.165) is 37.5 Å². The zero-order valence-corrected chi connectivity index (χ0v) is 23.9. The molecule has 2 aromatic carbocycles. The number of anilines is 1. The van der Waals surface area contributed by atoms with Crippen molar-refractivity contribution in [3.8, 4) is 0 Å². The fourth-order valence-corrected chi connectivity index (χ4v) is 6.19. The Balaban J connectivity index is 1.77. The molecule has 0 spiro atoms. The van der Waals surface area contributed by atoms with Crippen molar-refractivity contribution in [3.63, 3.8) is 0 Å². The molecule has 1 atom stereocenters. The number of sulfonamides is 1. The summed E-state index contributed by atoms with van der Waals surface area (Å²) in [5, 5.41) is 3.89. The van der Waals surface area contributed by atoms with Crippen LogP contribution in [0.4, 0.5) is 5.69 Å². The minimum atomic E-state index is -3.55. The average Bonchev–Trinajstić information content (AvgIpc) is 3.34. The second kappa shape index (κ2) is 13.0. The van der Waals surface area contributed by atoms with Crippen LogP contribution in [0.15, 0.2) is 42.5 Å². The fraction of sp³-hybridized carbons (Fsp3) is 0.481. The Morgan fingerprint density at radius 2 is 1.68 bits per heavy atom. The third kappa shape index (κ3) is 7.85. The van der Waals surface area contributed by atoms with E-state index in [4.69, 9.17) is 23.2 Å². The van der Waals surface area contributed by atoms with Gasteiger partial charge >= 0.3 is 0 Å². The van der Waals surface area contributed by atoms with E-state index in [1.807, 2.05) is 19.1 Å². The molecular weight excluding hydrogens is 533 g/mol. The van der Waals surface area contributed by atoms with Gasteiger partial charge in [0.15, 0.2) is 0 Å². The monoisotopic (exact) mass is 567 g/mol. The first-order chi connectivity index (χ1) is 17.5. The van der Waals surface area contributed by atoms with Gasteiger partial charge in [0.2, 0.25) is 21.8 Å². The van der Waals surface area contributed by atoms with Gasteiger partial charge in [0.25, 0.3) is 0 Å². The number of halogens is 2. The SMILES string of the molecule is Cc1ccccc1N(CCCC(=O)N(Cc1c(Cl)cccc1Cl)C(C)C(=O)NC1CCCC1)S(C)(=O)=O. The van der Waals surface area contributed by atoms with Crippen LogP contribution >= 0.6 is 23.2 Å². The predicted octanol–water partition coefficient (Wildman–Crippen LogP) is 5.32. The van der Waals surface area contributed by atoms with Gasteiger partial charge in [-0.25, -0.2) is 8.42 Å². The highest BCUT2D eigenvalue weighted by Crippen LogP contribution is 2.28. The summed E-state index contributed by atoms with van der Waals surface area (Å²) in [6, 6.07) is 11.7. The number of nitrogens with one attached hydrogen (secondary N) is 1. The van der Waals surface area contributed by atoms with Crippen molar-refractivity contribution in [1.29, 1.82) is 0 Å². The minimum absolute atomic E-state index is 0.0566. The first-order valence-corrected chi connectivity index (χ1v) is 15.2. The minimum Gasteiger partial charge on any atom is -0.352 e. The Kier molecular flexibility index (Phi) is 10.3. The van der Waals surface area contributed by atoms with Gasteiger partial charge in [-0.3, -0.25) is 13.9 Å². The Bertz CT molecular complexity index is 1200. The van der Waals surface area contributed by atoms with Crippen molar-refractivity contribution < 1.29 is 18.0 Å². The molecule has 7 nitrogen and oxygen atoms in total. The second-order valence-corrected chi connectivity index (χ2v) is 12.3. The molecule has 2 aromatic rings. The Labute approximate surface area is 230 Å². The van der Waals surface area contributed by atoms with E-state index in [1.54, 1.807) is 37.3 Å². The van der Waals surface area contributed by atoms with E-state index >= 15 is 0 Å². The van der Waals surface area contributed by atoms with Crippen molar-refractivity contribution in [2.24, 2.45) is 0 Å². The molecule has 2 amide bonds. The molecule has 0 bridgehead atoms. The van der Waals surface area contributed by atoms with E-state index in [0.29, 0.717) is 21.3 Å². The smallest absolute Gasteiger partial charge is 0.242 e. The molecular formula is C27H35Cl2N3O4S. The molecule has 1 saturated carbocycles. The molecule has 1 fully saturated rings. The largest absolute Gasteiger partial charge is 0.352 e. The summed E-state index contributed by atoms with van der Waals surface area (Å²) in [5.41, 5.74) is 1.98. The molecule has 3 rings (SSSR count). The topological polar surface area (TPSA) is 86.8 Å². The first-order valence-electron chi connectivity index (χ1n) is 12.5. The summed E-state index contributed by atoms with van der Waals surface area (Å²) in [5.74, 6) is -0.496. The molecule has 0 heterocycles. The van der Waals surface area contributed by atoms with Gasteiger partial charge in [-0.05, 0) is 56.9 Å². The van der Waals surface area contributed by atoms with Crippen molar-refractivity contribution in [3.05, 3.63) is 63.6 Å². The van der Waals surface area contributed by atoms with E-state index in [1.165, 1.54) is 9.21 Å². The number of rotatable bonds is 11. The maximum atomic E-state index is 13.5. The van der Waals surface area contributed by atoms with Crippen LogP contribution in [0.25, 0.3) is 0 Å². The third-order valence-corrected chi connectivity index (χ3v) is 8.68. The second-order valence-electron chi connectivity index (χ2n) is 9.61. The summed E-state index contributed by atoms with van der Waals surface area (Å²) in [6.07, 6.45) is 5.52. The van der Waals surface area contributed by atoms with Crippen molar-refractivity contribution in [2.75, 3.05) is 17.1 Å². The number of amides is 2. The first kappa shape index (κ1) is 29.3. The summed E-state index contributed by atoms with van der Waals surface area (Å²) in [6.45, 7) is 3.75. The van der Waals surface area contributed by atoms with Crippen molar-refractivity contribution in [1.82, 2.24) is 10.2 Å². The van der Waals surface area contributed by atoms with E-state index in [9.17, 15) is 18.0 Å². The third-order valence-electron chi connectivity index (χ3n) is 6.80. The number of aryl methyl sites for hydroxylation is 1. The molecule has 37 heavy (non-hydrogen) atoms. The number of carbonyl (C=O) groups is 2. The van der Waals surface area contributed by atoms with Crippen LogP contribution in [0.2, 0.25) is 10.0 Å². The van der Waals surface area contributed by atoms with Gasteiger partial charge in [-0.1, -0.05) is 60.3 Å². The molecule has 0 radical (unpaired) electrons. The lowest BCUT2D eigenvalue weighted by Crippen LogP contribution is -2.49. The summed E-state index contributed by atoms with van der Waals surface area (Å²) < 4.78 is 26.4. The molecule has 10 heteroatoms. The van der Waals surface area contributed by atoms with Crippen molar-refractivity contribution >= 4 is 50.7 Å². The maximum absolute atomic E-state index is 13.5. The number of hydrogen-bond donors (Lipinski definition) is 1. The molecule has 202 valence electrons. The molecule has 1 aliphatic carbocycles. The highest BCUT2D eigenvalue weighted by molar-refractivity contribution is 7.92. The Morgan fingerprint density at radius 3 is 2.27 bits per heavy atom. The predicted molar refractivity (Wildman–Crippen MR) is 149 cm³/mol. The van der Waals surface area contributed by atoms with Crippen LogP contribution < -0.4 is 9.62 Å². The van der Waals surface area contributed by atoms with Gasteiger partial charge < -0.3 is 10.2 Å². The van der Waals surface area contributed by atoms with Crippen LogP contribution in [0, 0.1) is 6.92 Å². The molecule has 0 aliphatic heterocycles. The van der Waals surface area contributed by atoms with Crippen LogP contribution in [-0.2, 0) is 26.2 Å². The van der Waals surface area contributed by atoms with Gasteiger partial charge in [-0.15, -0.1) is 0 Å². The average molecular weight is 569 g/mol. The van der Waals surface area contributed by atoms with E-state index in [2.05, 4.69) is 5.32 Å². The van der Waals surface area contributed by atoms with Gasteiger partial charge in [0, 0.05) is 41.2 Å². The summed E-state index contributed by atoms with van der Waals surface area (Å²) in [7, 11) is -3.55. The molecule has 1 N–H and O–H groups in total. The molecule has 1 unspecified atom stereocenters. The number of benzene rings is 2. The van der Waals surface area contributed by atoms with Gasteiger partial charge in [0.05, 0.1) is 11.9 Å². The Hall–Kier alpha value is -2.29. The fourth-order valence-electron chi connectivity index (χ4n) is 4.65. The van der Waals surface area contributed by atoms with Gasteiger partial charge in [0.1, 0.15) is 6.04 Å². The zero-order valence-electron chi connectivity index (χ0n) is 21.5. The standard InChI is InChI=1S/C27H35Cl2N3O4S/c1-19-10-4-7-15-25(19)32(37(3,35)36)17-9-16-26(33)31(18-22-23(28)13-8-14-24(22)29)20(2)27(34)30-21-11-5-6-12-21/h4,7-8,10,13-15,20-21H,5-6,9,11-12,16-18H2,1-3H3,(H,30,34). The molecule has 0 aromatic heterocycles. The quantitative estimate of drug-likeness (QED) is 0.398. The summed E-state index contributed by atoms with van der Waals surface area (Å²) in [4.78, 5) is 28.0. The lowest BCUT2D eigenvalue weighted by Gasteiger charge is -2.31. The van der Waals surface area contributed by atoms with Crippen molar-refractivity contribution in [2.45, 2.75) is 71.0 Å². The number of carbonyl (C=O) groups excluding carboxylic acids is 2. The van der Waals surface area contributed by atoms with Crippen LogP contribution in [-0.4, -0.2) is 50.0 Å². The van der Waals surface area contributed by atoms with Crippen LogP contribution in [0.3, 0.4) is 0 Å². The maximum Gasteiger partial charge on any atom is 0.242 e. The highest BCUT2D eigenvalue weighted by atomic mass is 35.5. The molecule has 1 aliphatic rings. The zero-order chi connectivity index (χ0) is 27.2.